The highest BCUT2D eigenvalue weighted by Gasteiger charge is 2.57. The standard InChI is InChI=1S/C15H19NO3S/c1-14(2)11(13(18)19)16(15(3,4)20-14)12(17)10-8-6-5-7-9-10/h5-9,11H,1-4H3,(H,18,19). The van der Waals surface area contributed by atoms with Crippen molar-refractivity contribution >= 4 is 23.6 Å². The van der Waals surface area contributed by atoms with E-state index in [2.05, 4.69) is 0 Å². The van der Waals surface area contributed by atoms with Crippen molar-refractivity contribution in [3.8, 4) is 0 Å². The van der Waals surface area contributed by atoms with Crippen LogP contribution in [0, 0.1) is 0 Å². The van der Waals surface area contributed by atoms with E-state index in [1.807, 2.05) is 33.8 Å². The third kappa shape index (κ3) is 2.42. The van der Waals surface area contributed by atoms with Crippen LogP contribution in [0.5, 0.6) is 0 Å². The first-order chi connectivity index (χ1) is 9.17. The van der Waals surface area contributed by atoms with Crippen molar-refractivity contribution in [3.63, 3.8) is 0 Å². The SMILES string of the molecule is CC1(C)SC(C)(C)N(C(=O)c2ccccc2)C1C(=O)O. The van der Waals surface area contributed by atoms with Gasteiger partial charge in [0.05, 0.1) is 4.87 Å². The van der Waals surface area contributed by atoms with Crippen LogP contribution < -0.4 is 0 Å². The molecular formula is C15H19NO3S. The lowest BCUT2D eigenvalue weighted by molar-refractivity contribution is -0.143. The summed E-state index contributed by atoms with van der Waals surface area (Å²) in [6.07, 6.45) is 0. The van der Waals surface area contributed by atoms with Crippen LogP contribution in [0.15, 0.2) is 30.3 Å². The van der Waals surface area contributed by atoms with Crippen molar-refractivity contribution in [2.45, 2.75) is 43.4 Å². The van der Waals surface area contributed by atoms with E-state index in [4.69, 9.17) is 0 Å². The molecule has 0 aliphatic carbocycles. The first-order valence-corrected chi connectivity index (χ1v) is 7.30. The number of carbonyl (C=O) groups excluding carboxylic acids is 1. The Bertz CT molecular complexity index is 539. The molecule has 0 aromatic heterocycles. The first-order valence-electron chi connectivity index (χ1n) is 6.48. The molecule has 0 saturated carbocycles. The van der Waals surface area contributed by atoms with Gasteiger partial charge in [-0.1, -0.05) is 18.2 Å². The normalized spacial score (nSPS) is 23.6. The lowest BCUT2D eigenvalue weighted by atomic mass is 9.99. The van der Waals surface area contributed by atoms with Crippen LogP contribution in [0.3, 0.4) is 0 Å². The Labute approximate surface area is 123 Å². The minimum absolute atomic E-state index is 0.235. The van der Waals surface area contributed by atoms with Crippen LogP contribution in [0.25, 0.3) is 0 Å². The van der Waals surface area contributed by atoms with Gasteiger partial charge in [0.1, 0.15) is 6.04 Å². The number of nitrogens with zero attached hydrogens (tertiary/aromatic N) is 1. The molecule has 0 bridgehead atoms. The lowest BCUT2D eigenvalue weighted by Crippen LogP contribution is -2.53. The number of thioether (sulfide) groups is 1. The molecule has 1 unspecified atom stereocenters. The fourth-order valence-corrected chi connectivity index (χ4v) is 4.75. The molecule has 20 heavy (non-hydrogen) atoms. The first kappa shape index (κ1) is 14.9. The van der Waals surface area contributed by atoms with E-state index in [0.29, 0.717) is 5.56 Å². The summed E-state index contributed by atoms with van der Waals surface area (Å²) in [5, 5.41) is 9.54. The van der Waals surface area contributed by atoms with Crippen molar-refractivity contribution < 1.29 is 14.7 Å². The van der Waals surface area contributed by atoms with Crippen molar-refractivity contribution in [2.24, 2.45) is 0 Å². The van der Waals surface area contributed by atoms with Crippen LogP contribution in [-0.4, -0.2) is 37.5 Å². The van der Waals surface area contributed by atoms with E-state index >= 15 is 0 Å². The topological polar surface area (TPSA) is 57.6 Å². The number of carbonyl (C=O) groups is 2. The number of benzene rings is 1. The third-order valence-corrected chi connectivity index (χ3v) is 4.93. The predicted molar refractivity (Wildman–Crippen MR) is 79.8 cm³/mol. The van der Waals surface area contributed by atoms with E-state index in [9.17, 15) is 14.7 Å². The molecule has 1 atom stereocenters. The van der Waals surface area contributed by atoms with Gasteiger partial charge in [0.2, 0.25) is 0 Å². The molecule has 5 heteroatoms. The van der Waals surface area contributed by atoms with Gasteiger partial charge in [-0.25, -0.2) is 4.79 Å². The molecule has 1 aromatic carbocycles. The number of rotatable bonds is 2. The van der Waals surface area contributed by atoms with Crippen molar-refractivity contribution in [3.05, 3.63) is 35.9 Å². The van der Waals surface area contributed by atoms with Gasteiger partial charge in [-0.15, -0.1) is 11.8 Å². The second kappa shape index (κ2) is 4.81. The van der Waals surface area contributed by atoms with Crippen molar-refractivity contribution in [1.29, 1.82) is 0 Å². The number of hydrogen-bond donors (Lipinski definition) is 1. The van der Waals surface area contributed by atoms with Gasteiger partial charge in [-0.3, -0.25) is 4.79 Å². The van der Waals surface area contributed by atoms with Gasteiger partial charge < -0.3 is 10.0 Å². The zero-order chi connectivity index (χ0) is 15.1. The summed E-state index contributed by atoms with van der Waals surface area (Å²) in [6, 6.07) is 7.99. The maximum absolute atomic E-state index is 12.7. The van der Waals surface area contributed by atoms with Crippen LogP contribution in [0.2, 0.25) is 0 Å². The summed E-state index contributed by atoms with van der Waals surface area (Å²) in [5.41, 5.74) is 0.519. The van der Waals surface area contributed by atoms with E-state index in [1.165, 1.54) is 16.7 Å². The smallest absolute Gasteiger partial charge is 0.327 e. The number of amides is 1. The zero-order valence-corrected chi connectivity index (χ0v) is 12.9. The molecule has 0 spiro atoms. The number of carboxylic acids is 1. The van der Waals surface area contributed by atoms with Crippen LogP contribution in [0.1, 0.15) is 38.1 Å². The molecular weight excluding hydrogens is 274 g/mol. The van der Waals surface area contributed by atoms with E-state index in [-0.39, 0.29) is 5.91 Å². The Morgan fingerprint density at radius 3 is 2.20 bits per heavy atom. The molecule has 1 aliphatic heterocycles. The van der Waals surface area contributed by atoms with E-state index in [1.54, 1.807) is 24.3 Å². The molecule has 4 nitrogen and oxygen atoms in total. The minimum Gasteiger partial charge on any atom is -0.480 e. The van der Waals surface area contributed by atoms with Gasteiger partial charge in [0.15, 0.2) is 0 Å². The predicted octanol–water partition coefficient (Wildman–Crippen LogP) is 2.84. The molecule has 1 heterocycles. The Balaban J connectivity index is 2.46. The molecule has 1 saturated heterocycles. The molecule has 0 radical (unpaired) electrons. The Morgan fingerprint density at radius 1 is 1.15 bits per heavy atom. The second-order valence-corrected chi connectivity index (χ2v) is 8.19. The van der Waals surface area contributed by atoms with Gasteiger partial charge in [-0.05, 0) is 39.8 Å². The number of hydrogen-bond acceptors (Lipinski definition) is 3. The summed E-state index contributed by atoms with van der Waals surface area (Å²) < 4.78 is -0.528. The Morgan fingerprint density at radius 2 is 1.70 bits per heavy atom. The summed E-state index contributed by atoms with van der Waals surface area (Å²) >= 11 is 1.52. The maximum Gasteiger partial charge on any atom is 0.327 e. The highest BCUT2D eigenvalue weighted by atomic mass is 32.2. The largest absolute Gasteiger partial charge is 0.480 e. The molecule has 2 rings (SSSR count). The molecule has 1 aliphatic rings. The van der Waals surface area contributed by atoms with Gasteiger partial charge in [0, 0.05) is 10.3 Å². The summed E-state index contributed by atoms with van der Waals surface area (Å²) in [6.45, 7) is 7.53. The number of carboxylic acid groups (broad SMARTS) is 1. The van der Waals surface area contributed by atoms with Crippen molar-refractivity contribution in [1.82, 2.24) is 4.90 Å². The van der Waals surface area contributed by atoms with Crippen LogP contribution >= 0.6 is 11.8 Å². The molecule has 108 valence electrons. The highest BCUT2D eigenvalue weighted by Crippen LogP contribution is 2.51. The zero-order valence-electron chi connectivity index (χ0n) is 12.1. The monoisotopic (exact) mass is 293 g/mol. The van der Waals surface area contributed by atoms with E-state index in [0.717, 1.165) is 0 Å². The average Bonchev–Trinajstić information content (AvgIpc) is 2.53. The molecule has 1 amide bonds. The van der Waals surface area contributed by atoms with Crippen LogP contribution in [0.4, 0.5) is 0 Å². The van der Waals surface area contributed by atoms with E-state index < -0.39 is 21.6 Å². The van der Waals surface area contributed by atoms with Crippen molar-refractivity contribution in [2.75, 3.05) is 0 Å². The Kier molecular flexibility index (Phi) is 3.58. The fraction of sp³-hybridized carbons (Fsp3) is 0.467. The second-order valence-electron chi connectivity index (χ2n) is 5.93. The average molecular weight is 293 g/mol. The van der Waals surface area contributed by atoms with Gasteiger partial charge in [0.25, 0.3) is 5.91 Å². The maximum atomic E-state index is 12.7. The highest BCUT2D eigenvalue weighted by molar-refractivity contribution is 8.02. The summed E-state index contributed by atoms with van der Waals surface area (Å²) in [5.74, 6) is -1.20. The molecule has 1 N–H and O–H groups in total. The quantitative estimate of drug-likeness (QED) is 0.911. The van der Waals surface area contributed by atoms with Gasteiger partial charge in [-0.2, -0.15) is 0 Å². The molecule has 1 fully saturated rings. The summed E-state index contributed by atoms with van der Waals surface area (Å²) in [4.78, 5) is 25.3. The Hall–Kier alpha value is -1.49. The minimum atomic E-state index is -0.961. The van der Waals surface area contributed by atoms with Crippen LogP contribution in [-0.2, 0) is 4.79 Å². The number of aliphatic carboxylic acids is 1. The third-order valence-electron chi connectivity index (χ3n) is 3.48. The summed E-state index contributed by atoms with van der Waals surface area (Å²) in [7, 11) is 0. The van der Waals surface area contributed by atoms with Gasteiger partial charge >= 0.3 is 5.97 Å². The molecule has 1 aromatic rings. The fourth-order valence-electron chi connectivity index (χ4n) is 2.86. The lowest BCUT2D eigenvalue weighted by Gasteiger charge is -2.33.